The van der Waals surface area contributed by atoms with Gasteiger partial charge in [0.25, 0.3) is 0 Å². The Morgan fingerprint density at radius 2 is 2.13 bits per heavy atom. The molecule has 0 unspecified atom stereocenters. The number of nitrogens with one attached hydrogen (secondary N) is 1. The number of carbonyl (C=O) groups is 1. The van der Waals surface area contributed by atoms with Crippen molar-refractivity contribution in [3.8, 4) is 0 Å². The first kappa shape index (κ1) is 15.6. The van der Waals surface area contributed by atoms with Crippen molar-refractivity contribution >= 4 is 6.03 Å². The second kappa shape index (κ2) is 6.83. The molecule has 23 heavy (non-hydrogen) atoms. The number of aromatic nitrogens is 2. The van der Waals surface area contributed by atoms with Crippen molar-refractivity contribution in [2.45, 2.75) is 31.5 Å². The predicted molar refractivity (Wildman–Crippen MR) is 86.7 cm³/mol. The maximum absolute atomic E-state index is 12.5. The van der Waals surface area contributed by atoms with Crippen molar-refractivity contribution in [1.29, 1.82) is 0 Å². The van der Waals surface area contributed by atoms with Crippen LogP contribution in [-0.2, 0) is 20.0 Å². The minimum Gasteiger partial charge on any atom is -0.391 e. The summed E-state index contributed by atoms with van der Waals surface area (Å²) in [5, 5.41) is 17.3. The summed E-state index contributed by atoms with van der Waals surface area (Å²) in [5.41, 5.74) is 2.09. The Kier molecular flexibility index (Phi) is 4.62. The van der Waals surface area contributed by atoms with Crippen molar-refractivity contribution in [2.24, 2.45) is 7.05 Å². The maximum atomic E-state index is 12.5. The Bertz CT molecular complexity index is 656. The molecule has 1 aromatic heterocycles. The quantitative estimate of drug-likeness (QED) is 0.894. The van der Waals surface area contributed by atoms with E-state index in [1.807, 2.05) is 43.6 Å². The summed E-state index contributed by atoms with van der Waals surface area (Å²) in [4.78, 5) is 14.2. The third kappa shape index (κ3) is 3.71. The number of benzene rings is 1. The van der Waals surface area contributed by atoms with Crippen LogP contribution in [0.15, 0.2) is 42.7 Å². The highest BCUT2D eigenvalue weighted by Gasteiger charge is 2.36. The fraction of sp³-hybridized carbons (Fsp3) is 0.412. The van der Waals surface area contributed by atoms with E-state index in [2.05, 4.69) is 10.4 Å². The average Bonchev–Trinajstić information content (AvgIpc) is 3.13. The first-order chi connectivity index (χ1) is 11.1. The third-order valence-electron chi connectivity index (χ3n) is 4.26. The zero-order valence-corrected chi connectivity index (χ0v) is 13.2. The minimum absolute atomic E-state index is 0.126. The minimum atomic E-state index is -0.488. The third-order valence-corrected chi connectivity index (χ3v) is 4.26. The zero-order valence-electron chi connectivity index (χ0n) is 13.2. The van der Waals surface area contributed by atoms with Crippen LogP contribution in [0, 0.1) is 0 Å². The van der Waals surface area contributed by atoms with Crippen LogP contribution in [0.4, 0.5) is 4.79 Å². The molecular formula is C17H22N4O2. The fourth-order valence-electron chi connectivity index (χ4n) is 3.03. The summed E-state index contributed by atoms with van der Waals surface area (Å²) in [7, 11) is 1.86. The van der Waals surface area contributed by atoms with Gasteiger partial charge in [-0.1, -0.05) is 30.3 Å². The number of hydrogen-bond acceptors (Lipinski definition) is 3. The summed E-state index contributed by atoms with van der Waals surface area (Å²) in [5.74, 6) is 0. The number of hydrogen-bond donors (Lipinski definition) is 2. The van der Waals surface area contributed by atoms with E-state index in [4.69, 9.17) is 0 Å². The van der Waals surface area contributed by atoms with E-state index >= 15 is 0 Å². The molecule has 0 bridgehead atoms. The Balaban J connectivity index is 1.61. The van der Waals surface area contributed by atoms with Gasteiger partial charge < -0.3 is 15.3 Å². The van der Waals surface area contributed by atoms with Gasteiger partial charge in [-0.2, -0.15) is 5.10 Å². The van der Waals surface area contributed by atoms with Crippen LogP contribution < -0.4 is 5.32 Å². The Labute approximate surface area is 135 Å². The summed E-state index contributed by atoms with van der Waals surface area (Å²) in [6, 6.07) is 9.48. The van der Waals surface area contributed by atoms with Crippen molar-refractivity contribution in [1.82, 2.24) is 20.0 Å². The molecule has 1 saturated heterocycles. The maximum Gasteiger partial charge on any atom is 0.318 e. The summed E-state index contributed by atoms with van der Waals surface area (Å²) in [6.07, 6.45) is 4.45. The molecule has 2 atom stereocenters. The van der Waals surface area contributed by atoms with E-state index in [1.54, 1.807) is 15.8 Å². The molecule has 0 aliphatic carbocycles. The topological polar surface area (TPSA) is 70.4 Å². The summed E-state index contributed by atoms with van der Waals surface area (Å²) in [6.45, 7) is 1.07. The monoisotopic (exact) mass is 314 g/mol. The van der Waals surface area contributed by atoms with Gasteiger partial charge in [-0.25, -0.2) is 4.79 Å². The molecule has 3 rings (SSSR count). The Hall–Kier alpha value is -2.34. The molecule has 6 heteroatoms. The second-order valence-electron chi connectivity index (χ2n) is 5.99. The van der Waals surface area contributed by atoms with Crippen LogP contribution in [-0.4, -0.2) is 44.5 Å². The molecule has 0 saturated carbocycles. The van der Waals surface area contributed by atoms with Gasteiger partial charge in [-0.15, -0.1) is 0 Å². The average molecular weight is 314 g/mol. The highest BCUT2D eigenvalue weighted by Crippen LogP contribution is 2.22. The molecule has 0 spiro atoms. The standard InChI is InChI=1S/C17H22N4O2/c1-20-12-14(11-19-20)9-15-16(22)7-8-21(15)17(23)18-10-13-5-3-2-4-6-13/h2-6,11-12,15-16,22H,7-10H2,1H3,(H,18,23)/t15-,16+/m1/s1. The van der Waals surface area contributed by atoms with Crippen molar-refractivity contribution in [3.05, 3.63) is 53.9 Å². The van der Waals surface area contributed by atoms with Crippen LogP contribution in [0.25, 0.3) is 0 Å². The second-order valence-corrected chi connectivity index (χ2v) is 5.99. The predicted octanol–water partition coefficient (Wildman–Crippen LogP) is 1.31. The number of urea groups is 1. The first-order valence-electron chi connectivity index (χ1n) is 7.87. The van der Waals surface area contributed by atoms with E-state index < -0.39 is 6.10 Å². The van der Waals surface area contributed by atoms with Crippen molar-refractivity contribution in [3.63, 3.8) is 0 Å². The number of carbonyl (C=O) groups excluding carboxylic acids is 1. The summed E-state index contributed by atoms with van der Waals surface area (Å²) < 4.78 is 1.73. The number of likely N-dealkylation sites (tertiary alicyclic amines) is 1. The van der Waals surface area contributed by atoms with E-state index in [-0.39, 0.29) is 12.1 Å². The molecule has 1 aromatic carbocycles. The Morgan fingerprint density at radius 1 is 1.35 bits per heavy atom. The fourth-order valence-corrected chi connectivity index (χ4v) is 3.03. The summed E-state index contributed by atoms with van der Waals surface area (Å²) >= 11 is 0. The van der Waals surface area contributed by atoms with Crippen LogP contribution in [0.5, 0.6) is 0 Å². The van der Waals surface area contributed by atoms with E-state index in [0.29, 0.717) is 25.9 Å². The van der Waals surface area contributed by atoms with Gasteiger partial charge in [0.1, 0.15) is 0 Å². The van der Waals surface area contributed by atoms with E-state index in [0.717, 1.165) is 11.1 Å². The number of nitrogens with zero attached hydrogens (tertiary/aromatic N) is 3. The van der Waals surface area contributed by atoms with Crippen LogP contribution >= 0.6 is 0 Å². The molecule has 1 aliphatic rings. The SMILES string of the molecule is Cn1cc(C[C@@H]2[C@@H](O)CCN2C(=O)NCc2ccccc2)cn1. The number of aliphatic hydroxyl groups is 1. The molecule has 1 aliphatic heterocycles. The number of aliphatic hydroxyl groups excluding tert-OH is 1. The van der Waals surface area contributed by atoms with Crippen LogP contribution in [0.2, 0.25) is 0 Å². The van der Waals surface area contributed by atoms with E-state index in [9.17, 15) is 9.90 Å². The molecule has 2 N–H and O–H groups in total. The van der Waals surface area contributed by atoms with Gasteiger partial charge in [0.2, 0.25) is 0 Å². The molecule has 2 heterocycles. The highest BCUT2D eigenvalue weighted by molar-refractivity contribution is 5.75. The molecule has 2 aromatic rings. The molecule has 0 radical (unpaired) electrons. The lowest BCUT2D eigenvalue weighted by Gasteiger charge is -2.26. The molecule has 6 nitrogen and oxygen atoms in total. The highest BCUT2D eigenvalue weighted by atomic mass is 16.3. The lowest BCUT2D eigenvalue weighted by molar-refractivity contribution is 0.122. The largest absolute Gasteiger partial charge is 0.391 e. The van der Waals surface area contributed by atoms with Gasteiger partial charge in [-0.3, -0.25) is 4.68 Å². The molecule has 122 valence electrons. The Morgan fingerprint density at radius 3 is 2.83 bits per heavy atom. The van der Waals surface area contributed by atoms with Gasteiger partial charge in [0.05, 0.1) is 18.3 Å². The van der Waals surface area contributed by atoms with Crippen molar-refractivity contribution < 1.29 is 9.90 Å². The van der Waals surface area contributed by atoms with Gasteiger partial charge >= 0.3 is 6.03 Å². The number of amides is 2. The molecular weight excluding hydrogens is 292 g/mol. The van der Waals surface area contributed by atoms with E-state index in [1.165, 1.54) is 0 Å². The number of rotatable bonds is 4. The van der Waals surface area contributed by atoms with Crippen LogP contribution in [0.1, 0.15) is 17.5 Å². The van der Waals surface area contributed by atoms with Gasteiger partial charge in [0, 0.05) is 26.3 Å². The molecule has 1 fully saturated rings. The van der Waals surface area contributed by atoms with Crippen molar-refractivity contribution in [2.75, 3.05) is 6.54 Å². The normalized spacial score (nSPS) is 20.7. The lowest BCUT2D eigenvalue weighted by atomic mass is 10.1. The van der Waals surface area contributed by atoms with Crippen LogP contribution in [0.3, 0.4) is 0 Å². The smallest absolute Gasteiger partial charge is 0.318 e. The zero-order chi connectivity index (χ0) is 16.2. The first-order valence-corrected chi connectivity index (χ1v) is 7.87. The number of aryl methyl sites for hydroxylation is 1. The molecule has 2 amide bonds. The van der Waals surface area contributed by atoms with Gasteiger partial charge in [0.15, 0.2) is 0 Å². The van der Waals surface area contributed by atoms with Gasteiger partial charge in [-0.05, 0) is 24.0 Å². The lowest BCUT2D eigenvalue weighted by Crippen LogP contribution is -2.46.